The van der Waals surface area contributed by atoms with Crippen molar-refractivity contribution in [1.82, 2.24) is 0 Å². The van der Waals surface area contributed by atoms with Gasteiger partial charge in [0.2, 0.25) is 0 Å². The Morgan fingerprint density at radius 3 is 2.58 bits per heavy atom. The SMILES string of the molecule is [S]COCCCc1ccccc1. The van der Waals surface area contributed by atoms with Crippen molar-refractivity contribution in [3.63, 3.8) is 0 Å². The first-order chi connectivity index (χ1) is 5.93. The Kier molecular flexibility index (Phi) is 4.88. The molecule has 0 heterocycles. The highest BCUT2D eigenvalue weighted by Crippen LogP contribution is 2.02. The molecule has 0 N–H and O–H groups in total. The maximum absolute atomic E-state index is 5.07. The molecule has 0 unspecified atom stereocenters. The Labute approximate surface area is 79.2 Å². The summed E-state index contributed by atoms with van der Waals surface area (Å²) < 4.78 is 5.07. The molecular formula is C10H13OS. The number of hydrogen-bond donors (Lipinski definition) is 0. The lowest BCUT2D eigenvalue weighted by Crippen LogP contribution is -1.94. The van der Waals surface area contributed by atoms with E-state index < -0.39 is 0 Å². The van der Waals surface area contributed by atoms with Gasteiger partial charge in [0, 0.05) is 6.61 Å². The zero-order valence-corrected chi connectivity index (χ0v) is 7.85. The van der Waals surface area contributed by atoms with Gasteiger partial charge in [0.1, 0.15) is 5.94 Å². The Morgan fingerprint density at radius 1 is 1.17 bits per heavy atom. The average Bonchev–Trinajstić information content (AvgIpc) is 2.14. The van der Waals surface area contributed by atoms with Crippen molar-refractivity contribution in [1.29, 1.82) is 0 Å². The molecule has 0 aliphatic heterocycles. The van der Waals surface area contributed by atoms with Crippen LogP contribution in [0.1, 0.15) is 12.0 Å². The van der Waals surface area contributed by atoms with Crippen LogP contribution < -0.4 is 0 Å². The van der Waals surface area contributed by atoms with Crippen LogP contribution in [0.15, 0.2) is 30.3 Å². The van der Waals surface area contributed by atoms with Gasteiger partial charge in [-0.2, -0.15) is 0 Å². The first-order valence-corrected chi connectivity index (χ1v) is 4.71. The normalized spacial score (nSPS) is 10.1. The second-order valence-corrected chi connectivity index (χ2v) is 2.85. The summed E-state index contributed by atoms with van der Waals surface area (Å²) in [7, 11) is 0. The second kappa shape index (κ2) is 6.09. The van der Waals surface area contributed by atoms with Crippen LogP contribution in [0.3, 0.4) is 0 Å². The van der Waals surface area contributed by atoms with E-state index in [0.29, 0.717) is 5.94 Å². The third-order valence-corrected chi connectivity index (χ3v) is 1.85. The molecule has 1 nitrogen and oxygen atoms in total. The van der Waals surface area contributed by atoms with Gasteiger partial charge in [-0.3, -0.25) is 0 Å². The Morgan fingerprint density at radius 2 is 1.92 bits per heavy atom. The molecule has 0 spiro atoms. The van der Waals surface area contributed by atoms with E-state index in [-0.39, 0.29) is 0 Å². The molecule has 1 radical (unpaired) electrons. The molecule has 0 aromatic heterocycles. The van der Waals surface area contributed by atoms with Crippen LogP contribution in [0, 0.1) is 0 Å². The molecule has 1 rings (SSSR count). The third kappa shape index (κ3) is 3.79. The van der Waals surface area contributed by atoms with Crippen LogP contribution in [-0.4, -0.2) is 12.5 Å². The largest absolute Gasteiger partial charge is 0.370 e. The van der Waals surface area contributed by atoms with Crippen LogP contribution in [-0.2, 0) is 11.2 Å². The summed E-state index contributed by atoms with van der Waals surface area (Å²) in [6.07, 6.45) is 2.14. The minimum absolute atomic E-state index is 0.411. The highest BCUT2D eigenvalue weighted by Gasteiger charge is 1.90. The summed E-state index contributed by atoms with van der Waals surface area (Å²) in [4.78, 5) is 0. The topological polar surface area (TPSA) is 9.23 Å². The molecule has 1 aromatic rings. The molecule has 2 heteroatoms. The van der Waals surface area contributed by atoms with Crippen molar-refractivity contribution >= 4 is 12.6 Å². The molecule has 0 atom stereocenters. The van der Waals surface area contributed by atoms with Crippen LogP contribution >= 0.6 is 12.6 Å². The maximum atomic E-state index is 5.07. The number of hydrogen-bond acceptors (Lipinski definition) is 1. The zero-order chi connectivity index (χ0) is 8.65. The lowest BCUT2D eigenvalue weighted by molar-refractivity contribution is 0.181. The van der Waals surface area contributed by atoms with Gasteiger partial charge < -0.3 is 4.74 Å². The minimum Gasteiger partial charge on any atom is -0.370 e. The number of aryl methyl sites for hydroxylation is 1. The van der Waals surface area contributed by atoms with E-state index >= 15 is 0 Å². The molecule has 0 fully saturated rings. The Bertz CT molecular complexity index is 198. The van der Waals surface area contributed by atoms with E-state index in [1.807, 2.05) is 6.07 Å². The molecule has 0 bridgehead atoms. The lowest BCUT2D eigenvalue weighted by atomic mass is 10.1. The van der Waals surface area contributed by atoms with Gasteiger partial charge in [0.05, 0.1) is 0 Å². The van der Waals surface area contributed by atoms with Crippen LogP contribution in [0.25, 0.3) is 0 Å². The molecule has 0 saturated heterocycles. The van der Waals surface area contributed by atoms with Crippen molar-refractivity contribution in [2.24, 2.45) is 0 Å². The minimum atomic E-state index is 0.411. The summed E-state index contributed by atoms with van der Waals surface area (Å²) in [5, 5.41) is 0. The summed E-state index contributed by atoms with van der Waals surface area (Å²) in [6.45, 7) is 0.776. The summed E-state index contributed by atoms with van der Waals surface area (Å²) >= 11 is 4.66. The van der Waals surface area contributed by atoms with Crippen molar-refractivity contribution in [3.05, 3.63) is 35.9 Å². The molecule has 0 aliphatic carbocycles. The molecule has 0 aliphatic rings. The first kappa shape index (κ1) is 9.62. The van der Waals surface area contributed by atoms with Gasteiger partial charge in [-0.15, -0.1) is 0 Å². The van der Waals surface area contributed by atoms with Crippen molar-refractivity contribution in [2.75, 3.05) is 12.5 Å². The van der Waals surface area contributed by atoms with Crippen molar-refractivity contribution in [3.8, 4) is 0 Å². The highest BCUT2D eigenvalue weighted by molar-refractivity contribution is 7.80. The number of benzene rings is 1. The summed E-state index contributed by atoms with van der Waals surface area (Å²) in [6, 6.07) is 10.4. The number of ether oxygens (including phenoxy) is 1. The fourth-order valence-corrected chi connectivity index (χ4v) is 1.20. The predicted octanol–water partition coefficient (Wildman–Crippen LogP) is 2.79. The van der Waals surface area contributed by atoms with Gasteiger partial charge in [-0.1, -0.05) is 43.0 Å². The predicted molar refractivity (Wildman–Crippen MR) is 53.2 cm³/mol. The fraction of sp³-hybridized carbons (Fsp3) is 0.400. The van der Waals surface area contributed by atoms with Gasteiger partial charge in [-0.25, -0.2) is 0 Å². The Hall–Kier alpha value is -0.470. The van der Waals surface area contributed by atoms with Gasteiger partial charge in [0.15, 0.2) is 0 Å². The van der Waals surface area contributed by atoms with E-state index in [9.17, 15) is 0 Å². The smallest absolute Gasteiger partial charge is 0.102 e. The summed E-state index contributed by atoms with van der Waals surface area (Å²) in [5.41, 5.74) is 1.37. The third-order valence-electron chi connectivity index (χ3n) is 1.68. The van der Waals surface area contributed by atoms with Gasteiger partial charge >= 0.3 is 0 Å². The second-order valence-electron chi connectivity index (χ2n) is 2.62. The van der Waals surface area contributed by atoms with E-state index in [1.54, 1.807) is 0 Å². The monoisotopic (exact) mass is 181 g/mol. The molecular weight excluding hydrogens is 168 g/mol. The molecule has 0 amide bonds. The zero-order valence-electron chi connectivity index (χ0n) is 7.03. The Balaban J connectivity index is 2.16. The van der Waals surface area contributed by atoms with Crippen LogP contribution in [0.2, 0.25) is 0 Å². The van der Waals surface area contributed by atoms with Gasteiger partial charge in [0.25, 0.3) is 0 Å². The quantitative estimate of drug-likeness (QED) is 0.635. The van der Waals surface area contributed by atoms with Crippen LogP contribution in [0.5, 0.6) is 0 Å². The highest BCUT2D eigenvalue weighted by atomic mass is 32.1. The standard InChI is InChI=1S/C10H13OS/c12-9-11-8-4-7-10-5-2-1-3-6-10/h1-3,5-6H,4,7-9H2. The van der Waals surface area contributed by atoms with E-state index in [0.717, 1.165) is 19.4 Å². The molecule has 0 saturated carbocycles. The van der Waals surface area contributed by atoms with Crippen molar-refractivity contribution < 1.29 is 4.74 Å². The van der Waals surface area contributed by atoms with Gasteiger partial charge in [-0.05, 0) is 18.4 Å². The van der Waals surface area contributed by atoms with Crippen molar-refractivity contribution in [2.45, 2.75) is 12.8 Å². The lowest BCUT2D eigenvalue weighted by Gasteiger charge is -2.00. The van der Waals surface area contributed by atoms with E-state index in [2.05, 4.69) is 36.9 Å². The molecule has 65 valence electrons. The average molecular weight is 181 g/mol. The maximum Gasteiger partial charge on any atom is 0.102 e. The first-order valence-electron chi connectivity index (χ1n) is 4.13. The molecule has 1 aromatic carbocycles. The van der Waals surface area contributed by atoms with Crippen LogP contribution in [0.4, 0.5) is 0 Å². The van der Waals surface area contributed by atoms with E-state index in [4.69, 9.17) is 4.74 Å². The summed E-state index contributed by atoms with van der Waals surface area (Å²) in [5.74, 6) is 0.411. The fourth-order valence-electron chi connectivity index (χ4n) is 1.08. The van der Waals surface area contributed by atoms with E-state index in [1.165, 1.54) is 5.56 Å². The number of rotatable bonds is 5. The molecule has 12 heavy (non-hydrogen) atoms.